The molecule has 0 atom stereocenters. The number of amides is 1. The monoisotopic (exact) mass is 222 g/mol. The third kappa shape index (κ3) is 1.85. The molecule has 0 radical (unpaired) electrons. The van der Waals surface area contributed by atoms with E-state index in [2.05, 4.69) is 5.32 Å². The zero-order chi connectivity index (χ0) is 11.7. The zero-order valence-electron chi connectivity index (χ0n) is 10.0. The summed E-state index contributed by atoms with van der Waals surface area (Å²) in [5.41, 5.74) is 0.700. The summed E-state index contributed by atoms with van der Waals surface area (Å²) < 4.78 is 5.40. The maximum atomic E-state index is 12.3. The molecule has 1 amide bonds. The molecule has 1 N–H and O–H groups in total. The van der Waals surface area contributed by atoms with Gasteiger partial charge in [0.25, 0.3) is 5.91 Å². The molecule has 0 aromatic carbocycles. The van der Waals surface area contributed by atoms with E-state index in [4.69, 9.17) is 4.42 Å². The molecule has 0 bridgehead atoms. The molecule has 1 aromatic heterocycles. The fraction of sp³-hybridized carbons (Fsp3) is 0.583. The Hall–Kier alpha value is -1.29. The lowest BCUT2D eigenvalue weighted by atomic mass is 10.1. The number of carbonyl (C=O) groups is 1. The molecule has 4 nitrogen and oxygen atoms in total. The maximum Gasteiger partial charge on any atom is 0.257 e. The second kappa shape index (κ2) is 4.29. The molecule has 1 fully saturated rings. The Balaban J connectivity index is 2.19. The van der Waals surface area contributed by atoms with Crippen molar-refractivity contribution in [1.29, 1.82) is 0 Å². The van der Waals surface area contributed by atoms with Gasteiger partial charge < -0.3 is 14.6 Å². The van der Waals surface area contributed by atoms with Crippen LogP contribution in [-0.2, 0) is 0 Å². The number of hydrogen-bond donors (Lipinski definition) is 1. The van der Waals surface area contributed by atoms with Crippen LogP contribution in [0.4, 0.5) is 0 Å². The standard InChI is InChI=1S/C12H18N2O2/c1-4-14(10-6-13-7-10)12(15)11-5-8(2)16-9(11)3/h5,10,13H,4,6-7H2,1-3H3. The Kier molecular flexibility index (Phi) is 3.01. The van der Waals surface area contributed by atoms with Gasteiger partial charge in [0.05, 0.1) is 11.6 Å². The van der Waals surface area contributed by atoms with Gasteiger partial charge in [-0.15, -0.1) is 0 Å². The van der Waals surface area contributed by atoms with Crippen LogP contribution in [-0.4, -0.2) is 36.5 Å². The van der Waals surface area contributed by atoms with E-state index < -0.39 is 0 Å². The summed E-state index contributed by atoms with van der Waals surface area (Å²) in [5.74, 6) is 1.60. The molecule has 2 heterocycles. The summed E-state index contributed by atoms with van der Waals surface area (Å²) in [4.78, 5) is 14.2. The predicted molar refractivity (Wildman–Crippen MR) is 61.6 cm³/mol. The van der Waals surface area contributed by atoms with E-state index in [0.29, 0.717) is 17.4 Å². The van der Waals surface area contributed by atoms with Crippen LogP contribution in [0, 0.1) is 13.8 Å². The summed E-state index contributed by atoms with van der Waals surface area (Å²) in [5, 5.41) is 3.18. The lowest BCUT2D eigenvalue weighted by molar-refractivity contribution is 0.0628. The van der Waals surface area contributed by atoms with E-state index in [1.807, 2.05) is 31.7 Å². The largest absolute Gasteiger partial charge is 0.466 e. The van der Waals surface area contributed by atoms with Gasteiger partial charge in [-0.2, -0.15) is 0 Å². The fourth-order valence-electron chi connectivity index (χ4n) is 2.06. The van der Waals surface area contributed by atoms with E-state index in [-0.39, 0.29) is 5.91 Å². The quantitative estimate of drug-likeness (QED) is 0.839. The summed E-state index contributed by atoms with van der Waals surface area (Å²) in [6.45, 7) is 8.26. The van der Waals surface area contributed by atoms with Gasteiger partial charge in [-0.3, -0.25) is 4.79 Å². The van der Waals surface area contributed by atoms with E-state index in [9.17, 15) is 4.79 Å². The summed E-state index contributed by atoms with van der Waals surface area (Å²) in [7, 11) is 0. The van der Waals surface area contributed by atoms with Crippen LogP contribution in [0.1, 0.15) is 28.8 Å². The normalized spacial score (nSPS) is 15.9. The molecule has 1 aliphatic rings. The molecule has 0 saturated carbocycles. The van der Waals surface area contributed by atoms with E-state index in [1.165, 1.54) is 0 Å². The van der Waals surface area contributed by atoms with Crippen LogP contribution < -0.4 is 5.32 Å². The highest BCUT2D eigenvalue weighted by Gasteiger charge is 2.29. The van der Waals surface area contributed by atoms with Gasteiger partial charge in [0, 0.05) is 19.6 Å². The number of furan rings is 1. The molecule has 1 aromatic rings. The Morgan fingerprint density at radius 1 is 1.56 bits per heavy atom. The molecular weight excluding hydrogens is 204 g/mol. The van der Waals surface area contributed by atoms with E-state index >= 15 is 0 Å². The molecule has 0 unspecified atom stereocenters. The first-order chi connectivity index (χ1) is 7.63. The van der Waals surface area contributed by atoms with Crippen molar-refractivity contribution >= 4 is 5.91 Å². The Morgan fingerprint density at radius 2 is 2.25 bits per heavy atom. The van der Waals surface area contributed by atoms with Crippen molar-refractivity contribution in [3.05, 3.63) is 23.2 Å². The molecule has 0 aliphatic carbocycles. The van der Waals surface area contributed by atoms with E-state index in [1.54, 1.807) is 0 Å². The minimum atomic E-state index is 0.0864. The molecule has 2 rings (SSSR count). The number of nitrogens with zero attached hydrogens (tertiary/aromatic N) is 1. The Labute approximate surface area is 95.6 Å². The highest BCUT2D eigenvalue weighted by atomic mass is 16.3. The number of likely N-dealkylation sites (N-methyl/N-ethyl adjacent to an activating group) is 1. The second-order valence-corrected chi connectivity index (χ2v) is 4.23. The van der Waals surface area contributed by atoms with Crippen LogP contribution >= 0.6 is 0 Å². The van der Waals surface area contributed by atoms with Crippen molar-refractivity contribution in [3.8, 4) is 0 Å². The van der Waals surface area contributed by atoms with Gasteiger partial charge in [0.2, 0.25) is 0 Å². The number of nitrogens with one attached hydrogen (secondary N) is 1. The predicted octanol–water partition coefficient (Wildman–Crippen LogP) is 1.33. The average Bonchev–Trinajstić information content (AvgIpc) is 2.50. The first-order valence-corrected chi connectivity index (χ1v) is 5.72. The van der Waals surface area contributed by atoms with Crippen molar-refractivity contribution < 1.29 is 9.21 Å². The minimum Gasteiger partial charge on any atom is -0.466 e. The van der Waals surface area contributed by atoms with Crippen molar-refractivity contribution in [2.45, 2.75) is 26.8 Å². The van der Waals surface area contributed by atoms with Gasteiger partial charge in [-0.1, -0.05) is 0 Å². The molecule has 1 saturated heterocycles. The number of carbonyl (C=O) groups excluding carboxylic acids is 1. The van der Waals surface area contributed by atoms with Gasteiger partial charge >= 0.3 is 0 Å². The van der Waals surface area contributed by atoms with Crippen molar-refractivity contribution in [3.63, 3.8) is 0 Å². The highest BCUT2D eigenvalue weighted by molar-refractivity contribution is 5.95. The highest BCUT2D eigenvalue weighted by Crippen LogP contribution is 2.18. The molecular formula is C12H18N2O2. The lowest BCUT2D eigenvalue weighted by Crippen LogP contribution is -2.58. The van der Waals surface area contributed by atoms with Gasteiger partial charge in [-0.25, -0.2) is 0 Å². The SMILES string of the molecule is CCN(C(=O)c1cc(C)oc1C)C1CNC1. The molecule has 4 heteroatoms. The lowest BCUT2D eigenvalue weighted by Gasteiger charge is -2.37. The van der Waals surface area contributed by atoms with Crippen LogP contribution in [0.5, 0.6) is 0 Å². The van der Waals surface area contributed by atoms with Crippen LogP contribution in [0.3, 0.4) is 0 Å². The summed E-state index contributed by atoms with van der Waals surface area (Å²) >= 11 is 0. The van der Waals surface area contributed by atoms with Gasteiger partial charge in [0.1, 0.15) is 11.5 Å². The molecule has 1 aliphatic heterocycles. The van der Waals surface area contributed by atoms with Gasteiger partial charge in [0.15, 0.2) is 0 Å². The molecule has 0 spiro atoms. The molecule has 16 heavy (non-hydrogen) atoms. The summed E-state index contributed by atoms with van der Waals surface area (Å²) in [6, 6.07) is 2.17. The number of aryl methyl sites for hydroxylation is 2. The van der Waals surface area contributed by atoms with Crippen LogP contribution in [0.2, 0.25) is 0 Å². The summed E-state index contributed by atoms with van der Waals surface area (Å²) in [6.07, 6.45) is 0. The zero-order valence-corrected chi connectivity index (χ0v) is 10.0. The second-order valence-electron chi connectivity index (χ2n) is 4.23. The van der Waals surface area contributed by atoms with Crippen molar-refractivity contribution in [2.24, 2.45) is 0 Å². The van der Waals surface area contributed by atoms with Crippen LogP contribution in [0.25, 0.3) is 0 Å². The third-order valence-corrected chi connectivity index (χ3v) is 3.07. The first kappa shape index (κ1) is 11.2. The smallest absolute Gasteiger partial charge is 0.257 e. The van der Waals surface area contributed by atoms with Crippen molar-refractivity contribution in [1.82, 2.24) is 10.2 Å². The number of rotatable bonds is 3. The molecule has 88 valence electrons. The average molecular weight is 222 g/mol. The first-order valence-electron chi connectivity index (χ1n) is 5.72. The Bertz CT molecular complexity index is 394. The van der Waals surface area contributed by atoms with E-state index in [0.717, 1.165) is 25.4 Å². The maximum absolute atomic E-state index is 12.3. The fourth-order valence-corrected chi connectivity index (χ4v) is 2.06. The third-order valence-electron chi connectivity index (χ3n) is 3.07. The topological polar surface area (TPSA) is 45.5 Å². The Morgan fingerprint density at radius 3 is 2.62 bits per heavy atom. The van der Waals surface area contributed by atoms with Crippen molar-refractivity contribution in [2.75, 3.05) is 19.6 Å². The number of hydrogen-bond acceptors (Lipinski definition) is 3. The van der Waals surface area contributed by atoms with Gasteiger partial charge in [-0.05, 0) is 26.8 Å². The van der Waals surface area contributed by atoms with Crippen LogP contribution in [0.15, 0.2) is 10.5 Å². The minimum absolute atomic E-state index is 0.0864.